The van der Waals surface area contributed by atoms with E-state index in [1.165, 1.54) is 35.7 Å². The number of alkyl halides is 3. The van der Waals surface area contributed by atoms with E-state index in [0.29, 0.717) is 29.9 Å². The molecule has 0 unspecified atom stereocenters. The van der Waals surface area contributed by atoms with Gasteiger partial charge in [-0.1, -0.05) is 6.07 Å². The fourth-order valence-electron chi connectivity index (χ4n) is 3.81. The predicted octanol–water partition coefficient (Wildman–Crippen LogP) is 3.47. The molecule has 0 atom stereocenters. The first-order valence-electron chi connectivity index (χ1n) is 10.7. The smallest absolute Gasteiger partial charge is 0.416 e. The molecule has 0 aliphatic carbocycles. The van der Waals surface area contributed by atoms with E-state index in [4.69, 9.17) is 9.47 Å². The molecule has 7 nitrogen and oxygen atoms in total. The van der Waals surface area contributed by atoms with Crippen molar-refractivity contribution in [3.8, 4) is 0 Å². The monoisotopic (exact) mass is 500 g/mol. The maximum absolute atomic E-state index is 13.3. The number of carbonyl (C=O) groups excluding carboxylic acids is 1. The minimum Gasteiger partial charge on any atom is -0.466 e. The minimum atomic E-state index is -4.41. The molecule has 1 saturated heterocycles. The lowest BCUT2D eigenvalue weighted by Gasteiger charge is -2.35. The molecule has 186 valence electrons. The Morgan fingerprint density at radius 1 is 1.00 bits per heavy atom. The highest BCUT2D eigenvalue weighted by molar-refractivity contribution is 7.89. The number of hydrogen-bond acceptors (Lipinski definition) is 6. The molecule has 1 heterocycles. The van der Waals surface area contributed by atoms with Crippen LogP contribution in [0.3, 0.4) is 0 Å². The summed E-state index contributed by atoms with van der Waals surface area (Å²) in [6.07, 6.45) is -4.47. The van der Waals surface area contributed by atoms with Gasteiger partial charge in [-0.3, -0.25) is 4.79 Å². The van der Waals surface area contributed by atoms with Crippen molar-refractivity contribution < 1.29 is 35.9 Å². The molecule has 0 radical (unpaired) electrons. The van der Waals surface area contributed by atoms with Crippen LogP contribution in [0.1, 0.15) is 23.6 Å². The minimum absolute atomic E-state index is 0.0596. The predicted molar refractivity (Wildman–Crippen MR) is 120 cm³/mol. The molecule has 2 aromatic rings. The maximum atomic E-state index is 13.3. The number of sulfonamides is 1. The normalized spacial score (nSPS) is 15.4. The summed E-state index contributed by atoms with van der Waals surface area (Å²) in [5.74, 6) is -0.453. The van der Waals surface area contributed by atoms with Crippen molar-refractivity contribution in [2.45, 2.75) is 31.0 Å². The molecule has 0 aromatic heterocycles. The summed E-state index contributed by atoms with van der Waals surface area (Å²) < 4.78 is 76.5. The molecule has 11 heteroatoms. The number of ether oxygens (including phenoxy) is 2. The lowest BCUT2D eigenvalue weighted by Crippen LogP contribution is -2.48. The summed E-state index contributed by atoms with van der Waals surface area (Å²) in [5, 5.41) is 0. The van der Waals surface area contributed by atoms with E-state index in [1.807, 2.05) is 4.90 Å². The van der Waals surface area contributed by atoms with Crippen LogP contribution in [0, 0.1) is 0 Å². The Hall–Kier alpha value is -2.63. The molecule has 1 aliphatic rings. The van der Waals surface area contributed by atoms with Crippen LogP contribution < -0.4 is 4.90 Å². The highest BCUT2D eigenvalue weighted by Gasteiger charge is 2.32. The third-order valence-electron chi connectivity index (χ3n) is 5.43. The molecule has 1 fully saturated rings. The summed E-state index contributed by atoms with van der Waals surface area (Å²) in [6.45, 7) is 3.11. The van der Waals surface area contributed by atoms with Crippen molar-refractivity contribution in [2.24, 2.45) is 0 Å². The van der Waals surface area contributed by atoms with Crippen molar-refractivity contribution >= 4 is 21.7 Å². The Labute approximate surface area is 197 Å². The number of nitrogens with zero attached hydrogens (tertiary/aromatic N) is 2. The highest BCUT2D eigenvalue weighted by Crippen LogP contribution is 2.31. The summed E-state index contributed by atoms with van der Waals surface area (Å²) >= 11 is 0. The summed E-state index contributed by atoms with van der Waals surface area (Å²) in [5.41, 5.74) is 0.997. The lowest BCUT2D eigenvalue weighted by molar-refractivity contribution is -0.142. The molecular weight excluding hydrogens is 473 g/mol. The molecule has 3 rings (SSSR count). The van der Waals surface area contributed by atoms with Gasteiger partial charge in [-0.15, -0.1) is 0 Å². The Morgan fingerprint density at radius 2 is 1.62 bits per heavy atom. The van der Waals surface area contributed by atoms with Crippen LogP contribution in [0.15, 0.2) is 47.4 Å². The van der Waals surface area contributed by atoms with E-state index in [1.54, 1.807) is 13.0 Å². The number of halogens is 3. The van der Waals surface area contributed by atoms with Gasteiger partial charge in [0.05, 0.1) is 30.1 Å². The van der Waals surface area contributed by atoms with E-state index in [2.05, 4.69) is 0 Å². The van der Waals surface area contributed by atoms with Gasteiger partial charge in [0, 0.05) is 39.0 Å². The van der Waals surface area contributed by atoms with Gasteiger partial charge >= 0.3 is 12.1 Å². The van der Waals surface area contributed by atoms with Crippen LogP contribution in [0.5, 0.6) is 0 Å². The van der Waals surface area contributed by atoms with Gasteiger partial charge in [-0.25, -0.2) is 8.42 Å². The van der Waals surface area contributed by atoms with E-state index in [9.17, 15) is 26.4 Å². The number of rotatable bonds is 8. The second-order valence-electron chi connectivity index (χ2n) is 7.84. The fourth-order valence-corrected chi connectivity index (χ4v) is 5.35. The first-order valence-corrected chi connectivity index (χ1v) is 12.2. The number of carbonyl (C=O) groups is 1. The van der Waals surface area contributed by atoms with Crippen molar-refractivity contribution in [1.29, 1.82) is 0 Å². The summed E-state index contributed by atoms with van der Waals surface area (Å²) in [7, 11) is -2.36. The number of esters is 1. The zero-order chi connectivity index (χ0) is 24.9. The average Bonchev–Trinajstić information content (AvgIpc) is 2.79. The molecular formula is C23H27F3N2O5S. The second-order valence-corrected chi connectivity index (χ2v) is 9.77. The Balaban J connectivity index is 1.75. The van der Waals surface area contributed by atoms with Gasteiger partial charge in [0.15, 0.2) is 0 Å². The zero-order valence-electron chi connectivity index (χ0n) is 19.0. The first-order chi connectivity index (χ1) is 16.0. The van der Waals surface area contributed by atoms with Gasteiger partial charge in [0.1, 0.15) is 0 Å². The molecule has 0 bridgehead atoms. The van der Waals surface area contributed by atoms with E-state index in [0.717, 1.165) is 12.1 Å². The SMILES string of the molecule is CCOC(=O)Cc1cc(COC)cc(S(=O)(=O)N2CCN(c3ccc(C(F)(F)F)cc3)CC2)c1. The Bertz CT molecular complexity index is 1100. The zero-order valence-corrected chi connectivity index (χ0v) is 19.8. The van der Waals surface area contributed by atoms with Crippen molar-refractivity contribution in [2.75, 3.05) is 44.8 Å². The summed E-state index contributed by atoms with van der Waals surface area (Å²) in [6, 6.07) is 9.52. The molecule has 0 spiro atoms. The van der Waals surface area contributed by atoms with Crippen molar-refractivity contribution in [1.82, 2.24) is 4.31 Å². The Kier molecular flexibility index (Phi) is 8.21. The molecule has 0 saturated carbocycles. The van der Waals surface area contributed by atoms with E-state index >= 15 is 0 Å². The second kappa shape index (κ2) is 10.7. The third kappa shape index (κ3) is 6.28. The molecule has 0 N–H and O–H groups in total. The quantitative estimate of drug-likeness (QED) is 0.517. The molecule has 34 heavy (non-hydrogen) atoms. The molecule has 0 amide bonds. The fraction of sp³-hybridized carbons (Fsp3) is 0.435. The van der Waals surface area contributed by atoms with E-state index in [-0.39, 0.29) is 37.6 Å². The third-order valence-corrected chi connectivity index (χ3v) is 7.30. The Morgan fingerprint density at radius 3 is 2.18 bits per heavy atom. The number of methoxy groups -OCH3 is 1. The topological polar surface area (TPSA) is 76.1 Å². The lowest BCUT2D eigenvalue weighted by atomic mass is 10.1. The number of hydrogen-bond donors (Lipinski definition) is 0. The first kappa shape index (κ1) is 26.0. The van der Waals surface area contributed by atoms with Crippen molar-refractivity contribution in [3.63, 3.8) is 0 Å². The van der Waals surface area contributed by atoms with Crippen LogP contribution in [-0.2, 0) is 43.5 Å². The standard InChI is InChI=1S/C23H27F3N2O5S/c1-3-33-22(29)15-17-12-18(16-32-2)14-21(13-17)34(30,31)28-10-8-27(9-11-28)20-6-4-19(5-7-20)23(24,25)26/h4-7,12-14H,3,8-11,15-16H2,1-2H3. The summed E-state index contributed by atoms with van der Waals surface area (Å²) in [4.78, 5) is 13.8. The van der Waals surface area contributed by atoms with Crippen LogP contribution in [0.2, 0.25) is 0 Å². The van der Waals surface area contributed by atoms with E-state index < -0.39 is 27.7 Å². The molecule has 1 aliphatic heterocycles. The van der Waals surface area contributed by atoms with Crippen LogP contribution in [0.4, 0.5) is 18.9 Å². The van der Waals surface area contributed by atoms with Crippen molar-refractivity contribution in [3.05, 3.63) is 59.2 Å². The van der Waals surface area contributed by atoms with Gasteiger partial charge in [-0.2, -0.15) is 17.5 Å². The van der Waals surface area contributed by atoms with Gasteiger partial charge in [0.25, 0.3) is 0 Å². The average molecular weight is 501 g/mol. The van der Waals surface area contributed by atoms with Gasteiger partial charge < -0.3 is 14.4 Å². The largest absolute Gasteiger partial charge is 0.466 e. The maximum Gasteiger partial charge on any atom is 0.416 e. The van der Waals surface area contributed by atoms with Gasteiger partial charge in [0.2, 0.25) is 10.0 Å². The number of piperazine rings is 1. The number of benzene rings is 2. The van der Waals surface area contributed by atoms with Crippen LogP contribution in [-0.4, -0.2) is 58.6 Å². The van der Waals surface area contributed by atoms with Crippen LogP contribution in [0.25, 0.3) is 0 Å². The molecule has 2 aromatic carbocycles. The number of anilines is 1. The highest BCUT2D eigenvalue weighted by atomic mass is 32.2. The van der Waals surface area contributed by atoms with Crippen LogP contribution >= 0.6 is 0 Å². The van der Waals surface area contributed by atoms with Gasteiger partial charge in [-0.05, 0) is 54.4 Å².